The molecular formula is C30H36F2N6OS. The molecular weight excluding hydrogens is 530 g/mol. The van der Waals surface area contributed by atoms with Crippen molar-refractivity contribution in [3.63, 3.8) is 0 Å². The van der Waals surface area contributed by atoms with Gasteiger partial charge in [0.05, 0.1) is 35.4 Å². The predicted molar refractivity (Wildman–Crippen MR) is 158 cm³/mol. The summed E-state index contributed by atoms with van der Waals surface area (Å²) in [7, 11) is 0. The second-order valence-corrected chi connectivity index (χ2v) is 10.9. The summed E-state index contributed by atoms with van der Waals surface area (Å²) < 4.78 is 36.6. The fourth-order valence-electron chi connectivity index (χ4n) is 5.16. The molecule has 3 aromatic heterocycles. The average molecular weight is 567 g/mol. The van der Waals surface area contributed by atoms with E-state index < -0.39 is 11.6 Å². The molecule has 2 aliphatic heterocycles. The second kappa shape index (κ2) is 12.8. The summed E-state index contributed by atoms with van der Waals surface area (Å²) in [6, 6.07) is 2.02. The summed E-state index contributed by atoms with van der Waals surface area (Å²) in [5.74, 6) is -0.193. The van der Waals surface area contributed by atoms with Gasteiger partial charge in [0.2, 0.25) is 5.95 Å². The molecule has 212 valence electrons. The summed E-state index contributed by atoms with van der Waals surface area (Å²) in [4.78, 5) is 15.4. The van der Waals surface area contributed by atoms with Crippen molar-refractivity contribution in [2.45, 2.75) is 73.5 Å². The number of nitriles is 1. The van der Waals surface area contributed by atoms with Crippen LogP contribution in [0.25, 0.3) is 32.2 Å². The lowest BCUT2D eigenvalue weighted by atomic mass is 9.94. The fraction of sp³-hybridized carbons (Fsp3) is 0.467. The Hall–Kier alpha value is -3.42. The van der Waals surface area contributed by atoms with Gasteiger partial charge >= 0.3 is 0 Å². The molecule has 0 radical (unpaired) electrons. The van der Waals surface area contributed by atoms with E-state index in [2.05, 4.69) is 40.6 Å². The van der Waals surface area contributed by atoms with Crippen molar-refractivity contribution in [3.05, 3.63) is 40.7 Å². The highest BCUT2D eigenvalue weighted by molar-refractivity contribution is 7.23. The van der Waals surface area contributed by atoms with Gasteiger partial charge in [-0.05, 0) is 23.5 Å². The number of fused-ring (bicyclic) bond motifs is 4. The minimum atomic E-state index is -0.603. The quantitative estimate of drug-likeness (QED) is 0.270. The molecule has 1 fully saturated rings. The normalized spacial score (nSPS) is 15.8. The number of rotatable bonds is 4. The van der Waals surface area contributed by atoms with Crippen molar-refractivity contribution in [1.82, 2.24) is 15.0 Å². The number of unbranched alkanes of at least 4 members (excludes halogenated alkanes) is 2. The number of nitrogens with zero attached hydrogens (tertiary/aromatic N) is 5. The number of ether oxygens (including phenoxy) is 1. The van der Waals surface area contributed by atoms with Gasteiger partial charge in [-0.1, -0.05) is 53.9 Å². The van der Waals surface area contributed by atoms with Crippen LogP contribution in [0.1, 0.15) is 77.0 Å². The van der Waals surface area contributed by atoms with E-state index in [-0.39, 0.29) is 50.6 Å². The molecule has 5 heterocycles. The number of hydrogen-bond acceptors (Lipinski definition) is 8. The van der Waals surface area contributed by atoms with Crippen LogP contribution in [0, 0.1) is 28.9 Å². The van der Waals surface area contributed by atoms with Crippen molar-refractivity contribution < 1.29 is 13.5 Å². The summed E-state index contributed by atoms with van der Waals surface area (Å²) in [6.07, 6.45) is 7.80. The Morgan fingerprint density at radius 1 is 1.15 bits per heavy atom. The number of anilines is 2. The van der Waals surface area contributed by atoms with Crippen molar-refractivity contribution >= 4 is 43.3 Å². The van der Waals surface area contributed by atoms with Crippen LogP contribution in [0.2, 0.25) is 0 Å². The molecule has 1 unspecified atom stereocenters. The number of pyridine rings is 1. The van der Waals surface area contributed by atoms with Crippen molar-refractivity contribution in [2.75, 3.05) is 23.7 Å². The summed E-state index contributed by atoms with van der Waals surface area (Å²) in [5.41, 5.74) is 7.98. The van der Waals surface area contributed by atoms with Crippen molar-refractivity contribution in [3.8, 4) is 17.3 Å². The number of thiophene rings is 1. The molecule has 10 heteroatoms. The Bertz CT molecular complexity index is 1560. The molecule has 0 amide bonds. The maximum Gasteiger partial charge on any atom is 0.225 e. The first-order valence-electron chi connectivity index (χ1n) is 14.0. The summed E-state index contributed by atoms with van der Waals surface area (Å²) >= 11 is 0.955. The molecule has 0 aliphatic carbocycles. The first kappa shape index (κ1) is 29.6. The molecule has 7 nitrogen and oxygen atoms in total. The van der Waals surface area contributed by atoms with E-state index in [1.807, 2.05) is 19.9 Å². The maximum atomic E-state index is 16.2. The predicted octanol–water partition coefficient (Wildman–Crippen LogP) is 7.74. The van der Waals surface area contributed by atoms with E-state index in [0.717, 1.165) is 42.6 Å². The lowest BCUT2D eigenvalue weighted by Crippen LogP contribution is -2.21. The molecule has 2 N–H and O–H groups in total. The first-order chi connectivity index (χ1) is 19.4. The van der Waals surface area contributed by atoms with Gasteiger partial charge in [-0.25, -0.2) is 18.7 Å². The maximum absolute atomic E-state index is 16.2. The van der Waals surface area contributed by atoms with E-state index in [4.69, 9.17) is 10.5 Å². The van der Waals surface area contributed by atoms with Crippen LogP contribution in [-0.4, -0.2) is 28.0 Å². The molecule has 1 aromatic carbocycles. The SMILES string of the molecule is CC.CC1CCN(c2ncc3c4c(c(-c5ncc(F)c6sc(N)c(C#N)c56)c(F)c3n2)COC4)C1.CCCCC. The third kappa shape index (κ3) is 5.32. The Balaban J connectivity index is 0.000000479. The molecule has 2 aliphatic rings. The van der Waals surface area contributed by atoms with Gasteiger partial charge in [-0.2, -0.15) is 5.26 Å². The summed E-state index contributed by atoms with van der Waals surface area (Å²) in [6.45, 7) is 12.7. The Morgan fingerprint density at radius 3 is 2.50 bits per heavy atom. The molecule has 0 saturated carbocycles. The number of nitrogens with two attached hydrogens (primary N) is 1. The van der Waals surface area contributed by atoms with Crippen LogP contribution in [0.4, 0.5) is 19.7 Å². The highest BCUT2D eigenvalue weighted by Crippen LogP contribution is 2.45. The smallest absolute Gasteiger partial charge is 0.225 e. The van der Waals surface area contributed by atoms with Crippen LogP contribution in [0.3, 0.4) is 0 Å². The van der Waals surface area contributed by atoms with Crippen LogP contribution < -0.4 is 10.6 Å². The third-order valence-electron chi connectivity index (χ3n) is 7.15. The topological polar surface area (TPSA) is 101 Å². The standard InChI is InChI=1S/C23H18F2N6OS.C5H12.C2H6/c1-10-2-3-31(7-10)23-29-5-12-13-8-32-9-14(13)16(18(25)19(12)30-23)20-17-11(4-26)22(27)33-21(17)15(24)6-28-20;1-3-5-4-2;1-2/h5-6,10H,2-3,7-9,27H2,1H3;3-5H2,1-2H3;1-2H3. The Morgan fingerprint density at radius 2 is 1.88 bits per heavy atom. The Labute approximate surface area is 238 Å². The monoisotopic (exact) mass is 566 g/mol. The van der Waals surface area contributed by atoms with E-state index >= 15 is 4.39 Å². The number of nitrogen functional groups attached to an aromatic ring is 1. The van der Waals surface area contributed by atoms with Crippen LogP contribution in [-0.2, 0) is 18.0 Å². The highest BCUT2D eigenvalue weighted by atomic mass is 32.1. The number of benzene rings is 1. The van der Waals surface area contributed by atoms with Gasteiger partial charge in [-0.15, -0.1) is 11.3 Å². The first-order valence-corrected chi connectivity index (χ1v) is 14.8. The zero-order valence-corrected chi connectivity index (χ0v) is 24.6. The van der Waals surface area contributed by atoms with Gasteiger partial charge in [0.25, 0.3) is 0 Å². The molecule has 4 aromatic rings. The lowest BCUT2D eigenvalue weighted by molar-refractivity contribution is 0.135. The summed E-state index contributed by atoms with van der Waals surface area (Å²) in [5, 5.41) is 10.6. The van der Waals surface area contributed by atoms with Gasteiger partial charge in [0, 0.05) is 35.6 Å². The number of halogens is 2. The fourth-order valence-corrected chi connectivity index (χ4v) is 6.08. The van der Waals surface area contributed by atoms with Gasteiger partial charge in [0.1, 0.15) is 16.6 Å². The molecule has 0 bridgehead atoms. The molecule has 0 spiro atoms. The third-order valence-corrected chi connectivity index (χ3v) is 8.17. The molecule has 1 saturated heterocycles. The van der Waals surface area contributed by atoms with Crippen molar-refractivity contribution in [2.24, 2.45) is 5.92 Å². The zero-order chi connectivity index (χ0) is 29.0. The molecule has 40 heavy (non-hydrogen) atoms. The molecule has 1 atom stereocenters. The van der Waals surface area contributed by atoms with E-state index in [1.165, 1.54) is 19.3 Å². The van der Waals surface area contributed by atoms with Gasteiger partial charge in [-0.3, -0.25) is 4.98 Å². The second-order valence-electron chi connectivity index (χ2n) is 9.88. The molecule has 6 rings (SSSR count). The minimum absolute atomic E-state index is 0.0959. The Kier molecular flexibility index (Phi) is 9.48. The van der Waals surface area contributed by atoms with Crippen LogP contribution in [0.15, 0.2) is 12.4 Å². The highest BCUT2D eigenvalue weighted by Gasteiger charge is 2.30. The minimum Gasteiger partial charge on any atom is -0.389 e. The average Bonchev–Trinajstić information content (AvgIpc) is 3.70. The number of aromatic nitrogens is 3. The van der Waals surface area contributed by atoms with Crippen LogP contribution >= 0.6 is 11.3 Å². The van der Waals surface area contributed by atoms with E-state index in [0.29, 0.717) is 22.8 Å². The lowest BCUT2D eigenvalue weighted by Gasteiger charge is -2.18. The van der Waals surface area contributed by atoms with Crippen molar-refractivity contribution in [1.29, 1.82) is 5.26 Å². The van der Waals surface area contributed by atoms with Crippen LogP contribution in [0.5, 0.6) is 0 Å². The largest absolute Gasteiger partial charge is 0.389 e. The van der Waals surface area contributed by atoms with Gasteiger partial charge in [0.15, 0.2) is 11.6 Å². The van der Waals surface area contributed by atoms with E-state index in [9.17, 15) is 9.65 Å². The van der Waals surface area contributed by atoms with E-state index in [1.54, 1.807) is 6.20 Å². The number of hydrogen-bond donors (Lipinski definition) is 1. The zero-order valence-electron chi connectivity index (χ0n) is 23.8. The van der Waals surface area contributed by atoms with Gasteiger partial charge < -0.3 is 15.4 Å².